The van der Waals surface area contributed by atoms with Crippen LogP contribution in [0.5, 0.6) is 0 Å². The summed E-state index contributed by atoms with van der Waals surface area (Å²) in [5.41, 5.74) is 1.63. The molecule has 128 valence electrons. The summed E-state index contributed by atoms with van der Waals surface area (Å²) >= 11 is 0. The summed E-state index contributed by atoms with van der Waals surface area (Å²) in [7, 11) is 0. The van der Waals surface area contributed by atoms with E-state index in [-0.39, 0.29) is 17.4 Å². The minimum absolute atomic E-state index is 0.0967. The van der Waals surface area contributed by atoms with E-state index in [1.165, 1.54) is 6.07 Å². The average molecular weight is 338 g/mol. The third kappa shape index (κ3) is 3.77. The monoisotopic (exact) mass is 338 g/mol. The Morgan fingerprint density at radius 1 is 1.44 bits per heavy atom. The molecule has 1 saturated heterocycles. The zero-order valence-corrected chi connectivity index (χ0v) is 14.0. The van der Waals surface area contributed by atoms with Crippen LogP contribution in [0.4, 0.5) is 15.9 Å². The molecule has 2 aromatic rings. The highest BCUT2D eigenvalue weighted by atomic mass is 19.1. The first-order valence-electron chi connectivity index (χ1n) is 8.25. The molecule has 0 bridgehead atoms. The Hall–Kier alpha value is -2.94. The SMILES string of the molecule is Cc1cccnc1NC(=O)[C@@H]1CCCN(c2ccc(C#N)cc2F)C1. The first-order valence-corrected chi connectivity index (χ1v) is 8.25. The van der Waals surface area contributed by atoms with Crippen molar-refractivity contribution in [3.05, 3.63) is 53.5 Å². The Balaban J connectivity index is 1.72. The molecular weight excluding hydrogens is 319 g/mol. The molecule has 1 fully saturated rings. The average Bonchev–Trinajstić information content (AvgIpc) is 2.63. The second kappa shape index (κ2) is 7.31. The number of aryl methyl sites for hydroxylation is 1. The zero-order chi connectivity index (χ0) is 17.8. The van der Waals surface area contributed by atoms with E-state index in [1.54, 1.807) is 18.3 Å². The summed E-state index contributed by atoms with van der Waals surface area (Å²) in [5, 5.41) is 11.7. The lowest BCUT2D eigenvalue weighted by Crippen LogP contribution is -2.41. The molecule has 1 aliphatic heterocycles. The predicted molar refractivity (Wildman–Crippen MR) is 93.7 cm³/mol. The highest BCUT2D eigenvalue weighted by molar-refractivity contribution is 5.92. The first-order chi connectivity index (χ1) is 12.1. The maximum absolute atomic E-state index is 14.2. The Morgan fingerprint density at radius 2 is 2.28 bits per heavy atom. The maximum Gasteiger partial charge on any atom is 0.230 e. The summed E-state index contributed by atoms with van der Waals surface area (Å²) in [5.74, 6) is -0.194. The van der Waals surface area contributed by atoms with Gasteiger partial charge in [0.2, 0.25) is 5.91 Å². The molecule has 0 unspecified atom stereocenters. The number of nitriles is 1. The van der Waals surface area contributed by atoms with Gasteiger partial charge in [0.05, 0.1) is 23.2 Å². The van der Waals surface area contributed by atoms with Crippen molar-refractivity contribution in [3.8, 4) is 6.07 Å². The molecule has 25 heavy (non-hydrogen) atoms. The van der Waals surface area contributed by atoms with Crippen molar-refractivity contribution in [3.63, 3.8) is 0 Å². The number of carbonyl (C=O) groups is 1. The molecule has 1 aromatic heterocycles. The molecule has 0 saturated carbocycles. The molecule has 3 rings (SSSR count). The number of benzene rings is 1. The summed E-state index contributed by atoms with van der Waals surface area (Å²) in [6.07, 6.45) is 3.20. The van der Waals surface area contributed by atoms with Crippen molar-refractivity contribution in [2.24, 2.45) is 5.92 Å². The zero-order valence-electron chi connectivity index (χ0n) is 14.0. The lowest BCUT2D eigenvalue weighted by Gasteiger charge is -2.34. The molecule has 1 amide bonds. The first kappa shape index (κ1) is 16.9. The molecule has 1 atom stereocenters. The number of nitrogens with zero attached hydrogens (tertiary/aromatic N) is 3. The molecule has 1 N–H and O–H groups in total. The van der Waals surface area contributed by atoms with E-state index in [1.807, 2.05) is 30.0 Å². The van der Waals surface area contributed by atoms with Crippen LogP contribution in [-0.4, -0.2) is 24.0 Å². The summed E-state index contributed by atoms with van der Waals surface area (Å²) in [6, 6.07) is 10.1. The Labute approximate surface area is 146 Å². The topological polar surface area (TPSA) is 69.0 Å². The quantitative estimate of drug-likeness (QED) is 0.933. The Bertz CT molecular complexity index is 830. The van der Waals surface area contributed by atoms with E-state index in [9.17, 15) is 9.18 Å². The van der Waals surface area contributed by atoms with Crippen molar-refractivity contribution >= 4 is 17.4 Å². The highest BCUT2D eigenvalue weighted by Gasteiger charge is 2.27. The number of halogens is 1. The van der Waals surface area contributed by atoms with E-state index in [4.69, 9.17) is 5.26 Å². The van der Waals surface area contributed by atoms with E-state index in [2.05, 4.69) is 10.3 Å². The third-order valence-corrected chi connectivity index (χ3v) is 4.46. The molecule has 1 aliphatic rings. The van der Waals surface area contributed by atoms with Crippen LogP contribution >= 0.6 is 0 Å². The number of piperidine rings is 1. The van der Waals surface area contributed by atoms with Gasteiger partial charge >= 0.3 is 0 Å². The van der Waals surface area contributed by atoms with Gasteiger partial charge in [-0.2, -0.15) is 5.26 Å². The molecule has 2 heterocycles. The van der Waals surface area contributed by atoms with Crippen LogP contribution in [0, 0.1) is 30.0 Å². The van der Waals surface area contributed by atoms with Gasteiger partial charge in [-0.25, -0.2) is 9.37 Å². The molecule has 0 spiro atoms. The summed E-state index contributed by atoms with van der Waals surface area (Å²) in [4.78, 5) is 18.6. The van der Waals surface area contributed by atoms with E-state index >= 15 is 0 Å². The lowest BCUT2D eigenvalue weighted by molar-refractivity contribution is -0.120. The second-order valence-electron chi connectivity index (χ2n) is 6.22. The molecule has 5 nitrogen and oxygen atoms in total. The minimum Gasteiger partial charge on any atom is -0.368 e. The number of amides is 1. The van der Waals surface area contributed by atoms with Crippen LogP contribution in [0.3, 0.4) is 0 Å². The van der Waals surface area contributed by atoms with Crippen LogP contribution in [-0.2, 0) is 4.79 Å². The number of aromatic nitrogens is 1. The van der Waals surface area contributed by atoms with Crippen molar-refractivity contribution in [1.82, 2.24) is 4.98 Å². The van der Waals surface area contributed by atoms with Gasteiger partial charge in [-0.15, -0.1) is 0 Å². The van der Waals surface area contributed by atoms with E-state index < -0.39 is 5.82 Å². The number of hydrogen-bond donors (Lipinski definition) is 1. The number of nitrogens with one attached hydrogen (secondary N) is 1. The Kier molecular flexibility index (Phi) is 4.94. The van der Waals surface area contributed by atoms with Crippen molar-refractivity contribution in [2.75, 3.05) is 23.3 Å². The summed E-state index contributed by atoms with van der Waals surface area (Å²) in [6.45, 7) is 3.03. The fraction of sp³-hybridized carbons (Fsp3) is 0.316. The van der Waals surface area contributed by atoms with Crippen LogP contribution in [0.1, 0.15) is 24.0 Å². The van der Waals surface area contributed by atoms with Gasteiger partial charge < -0.3 is 10.2 Å². The number of pyridine rings is 1. The largest absolute Gasteiger partial charge is 0.368 e. The molecule has 0 radical (unpaired) electrons. The van der Waals surface area contributed by atoms with Crippen molar-refractivity contribution in [1.29, 1.82) is 5.26 Å². The smallest absolute Gasteiger partial charge is 0.230 e. The normalized spacial score (nSPS) is 17.0. The van der Waals surface area contributed by atoms with Gasteiger partial charge in [0, 0.05) is 19.3 Å². The van der Waals surface area contributed by atoms with E-state index in [0.717, 1.165) is 18.4 Å². The van der Waals surface area contributed by atoms with Gasteiger partial charge in [-0.3, -0.25) is 4.79 Å². The van der Waals surface area contributed by atoms with Gasteiger partial charge in [0.25, 0.3) is 0 Å². The van der Waals surface area contributed by atoms with Crippen LogP contribution in [0.25, 0.3) is 0 Å². The second-order valence-corrected chi connectivity index (χ2v) is 6.22. The third-order valence-electron chi connectivity index (χ3n) is 4.46. The van der Waals surface area contributed by atoms with Gasteiger partial charge in [0.1, 0.15) is 11.6 Å². The fourth-order valence-electron chi connectivity index (χ4n) is 3.08. The standard InChI is InChI=1S/C19H19FN4O/c1-13-4-2-8-22-18(13)23-19(25)15-5-3-9-24(12-15)17-7-6-14(11-21)10-16(17)20/h2,4,6-8,10,15H,3,5,9,12H2,1H3,(H,22,23,25)/t15-/m1/s1. The van der Waals surface area contributed by atoms with Crippen molar-refractivity contribution in [2.45, 2.75) is 19.8 Å². The highest BCUT2D eigenvalue weighted by Crippen LogP contribution is 2.27. The van der Waals surface area contributed by atoms with Crippen LogP contribution in [0.15, 0.2) is 36.5 Å². The van der Waals surface area contributed by atoms with Crippen LogP contribution < -0.4 is 10.2 Å². The molecule has 6 heteroatoms. The summed E-state index contributed by atoms with van der Waals surface area (Å²) < 4.78 is 14.2. The number of rotatable bonds is 3. The minimum atomic E-state index is -0.430. The Morgan fingerprint density at radius 3 is 3.00 bits per heavy atom. The van der Waals surface area contributed by atoms with Crippen molar-refractivity contribution < 1.29 is 9.18 Å². The number of carbonyl (C=O) groups excluding carboxylic acids is 1. The van der Waals surface area contributed by atoms with Gasteiger partial charge in [-0.05, 0) is 49.6 Å². The van der Waals surface area contributed by atoms with Gasteiger partial charge in [0.15, 0.2) is 0 Å². The number of anilines is 2. The van der Waals surface area contributed by atoms with E-state index in [0.29, 0.717) is 24.6 Å². The van der Waals surface area contributed by atoms with Crippen LogP contribution in [0.2, 0.25) is 0 Å². The molecule has 1 aromatic carbocycles. The maximum atomic E-state index is 14.2. The van der Waals surface area contributed by atoms with Gasteiger partial charge in [-0.1, -0.05) is 6.07 Å². The lowest BCUT2D eigenvalue weighted by atomic mass is 9.96. The predicted octanol–water partition coefficient (Wildman–Crippen LogP) is 3.26. The fourth-order valence-corrected chi connectivity index (χ4v) is 3.08. The molecule has 0 aliphatic carbocycles. The number of hydrogen-bond acceptors (Lipinski definition) is 4. The molecular formula is C19H19FN4O.